The van der Waals surface area contributed by atoms with Crippen molar-refractivity contribution in [3.8, 4) is 16.9 Å². The van der Waals surface area contributed by atoms with E-state index in [1.807, 2.05) is 19.3 Å². The molecule has 4 rings (SSSR count). The molecule has 1 aromatic heterocycles. The van der Waals surface area contributed by atoms with Crippen LogP contribution in [0.2, 0.25) is 0 Å². The third-order valence-corrected chi connectivity index (χ3v) is 6.37. The first-order chi connectivity index (χ1) is 14.5. The van der Waals surface area contributed by atoms with Crippen molar-refractivity contribution in [2.45, 2.75) is 18.9 Å². The van der Waals surface area contributed by atoms with Crippen molar-refractivity contribution in [3.63, 3.8) is 0 Å². The molecule has 1 aromatic carbocycles. The van der Waals surface area contributed by atoms with Crippen molar-refractivity contribution in [1.29, 1.82) is 0 Å². The van der Waals surface area contributed by atoms with Crippen LogP contribution in [-0.2, 0) is 7.05 Å². The molecule has 162 valence electrons. The Kier molecular flexibility index (Phi) is 5.92. The third-order valence-electron chi connectivity index (χ3n) is 6.37. The van der Waals surface area contributed by atoms with Gasteiger partial charge >= 0.3 is 5.69 Å². The van der Waals surface area contributed by atoms with E-state index < -0.39 is 0 Å². The van der Waals surface area contributed by atoms with Crippen LogP contribution in [0.4, 0.5) is 11.4 Å². The van der Waals surface area contributed by atoms with Crippen LogP contribution in [0.15, 0.2) is 24.5 Å². The van der Waals surface area contributed by atoms with Crippen LogP contribution < -0.4 is 9.64 Å². The summed E-state index contributed by atoms with van der Waals surface area (Å²) in [5, 5.41) is 15.8. The lowest BCUT2D eigenvalue weighted by atomic mass is 10.0. The SMILES string of the molecule is COc1cc(N2CCN(C3CCN(C)CC3)CC2)c(-c2cnn(C)c2)cc1[N+](=O)[O-]. The van der Waals surface area contributed by atoms with Crippen LogP contribution in [0.3, 0.4) is 0 Å². The molecule has 0 atom stereocenters. The molecule has 0 amide bonds. The number of nitrogens with zero attached hydrogens (tertiary/aromatic N) is 6. The summed E-state index contributed by atoms with van der Waals surface area (Å²) in [7, 11) is 5.52. The van der Waals surface area contributed by atoms with Gasteiger partial charge in [-0.15, -0.1) is 0 Å². The molecule has 30 heavy (non-hydrogen) atoms. The van der Waals surface area contributed by atoms with Gasteiger partial charge in [-0.25, -0.2) is 0 Å². The molecule has 2 fully saturated rings. The number of ether oxygens (including phenoxy) is 1. The van der Waals surface area contributed by atoms with Gasteiger partial charge in [0.05, 0.1) is 18.2 Å². The van der Waals surface area contributed by atoms with Crippen LogP contribution in [0.25, 0.3) is 11.1 Å². The number of hydrogen-bond donors (Lipinski definition) is 0. The number of methoxy groups -OCH3 is 1. The first kappa shape index (κ1) is 20.6. The summed E-state index contributed by atoms with van der Waals surface area (Å²) in [4.78, 5) is 18.5. The van der Waals surface area contributed by atoms with Crippen LogP contribution >= 0.6 is 0 Å². The minimum Gasteiger partial charge on any atom is -0.490 e. The molecule has 0 unspecified atom stereocenters. The van der Waals surface area contributed by atoms with E-state index in [1.54, 1.807) is 16.9 Å². The molecule has 0 N–H and O–H groups in total. The van der Waals surface area contributed by atoms with Gasteiger partial charge in [-0.3, -0.25) is 19.7 Å². The minimum atomic E-state index is -0.388. The maximum atomic E-state index is 11.6. The van der Waals surface area contributed by atoms with Crippen LogP contribution in [0.1, 0.15) is 12.8 Å². The molecule has 0 aliphatic carbocycles. The van der Waals surface area contributed by atoms with E-state index in [9.17, 15) is 10.1 Å². The Labute approximate surface area is 177 Å². The number of piperidine rings is 1. The summed E-state index contributed by atoms with van der Waals surface area (Å²) in [5.41, 5.74) is 2.64. The summed E-state index contributed by atoms with van der Waals surface area (Å²) >= 11 is 0. The average Bonchev–Trinajstić information content (AvgIpc) is 3.19. The molecule has 2 aromatic rings. The third kappa shape index (κ3) is 4.13. The standard InChI is InChI=1S/C21H30N6O3/c1-23-6-4-17(5-7-23)25-8-10-26(11-9-25)19-13-21(30-3)20(27(28)29)12-18(19)16-14-22-24(2)15-16/h12-15,17H,4-11H2,1-3H3. The number of nitro benzene ring substituents is 1. The molecule has 3 heterocycles. The van der Waals surface area contributed by atoms with Gasteiger partial charge in [0.1, 0.15) is 0 Å². The van der Waals surface area contributed by atoms with Crippen molar-refractivity contribution < 1.29 is 9.66 Å². The van der Waals surface area contributed by atoms with Crippen LogP contribution in [0, 0.1) is 10.1 Å². The van der Waals surface area contributed by atoms with Gasteiger partial charge in [0.15, 0.2) is 5.75 Å². The summed E-state index contributed by atoms with van der Waals surface area (Å²) in [6.07, 6.45) is 6.10. The lowest BCUT2D eigenvalue weighted by molar-refractivity contribution is -0.385. The van der Waals surface area contributed by atoms with E-state index in [4.69, 9.17) is 4.74 Å². The molecular formula is C21H30N6O3. The highest BCUT2D eigenvalue weighted by Crippen LogP contribution is 2.40. The number of rotatable bonds is 5. The fourth-order valence-corrected chi connectivity index (χ4v) is 4.61. The molecule has 0 bridgehead atoms. The Bertz CT molecular complexity index is 898. The fourth-order valence-electron chi connectivity index (χ4n) is 4.61. The lowest BCUT2D eigenvalue weighted by Crippen LogP contribution is -2.53. The Morgan fingerprint density at radius 1 is 1.10 bits per heavy atom. The van der Waals surface area contributed by atoms with Gasteiger partial charge in [0.25, 0.3) is 0 Å². The predicted octanol–water partition coefficient (Wildman–Crippen LogP) is 2.22. The number of likely N-dealkylation sites (tertiary alicyclic amines) is 1. The van der Waals surface area contributed by atoms with Gasteiger partial charge in [0.2, 0.25) is 0 Å². The molecule has 2 aliphatic heterocycles. The monoisotopic (exact) mass is 414 g/mol. The van der Waals surface area contributed by atoms with Gasteiger partial charge in [-0.2, -0.15) is 5.10 Å². The summed E-state index contributed by atoms with van der Waals surface area (Å²) < 4.78 is 7.07. The molecule has 2 saturated heterocycles. The quantitative estimate of drug-likeness (QED) is 0.548. The molecule has 9 heteroatoms. The summed E-state index contributed by atoms with van der Waals surface area (Å²) in [6, 6.07) is 4.09. The van der Waals surface area contributed by atoms with Crippen LogP contribution in [-0.4, -0.2) is 84.0 Å². The van der Waals surface area contributed by atoms with Crippen molar-refractivity contribution in [1.82, 2.24) is 19.6 Å². The predicted molar refractivity (Wildman–Crippen MR) is 116 cm³/mol. The molecule has 0 spiro atoms. The number of aryl methyl sites for hydroxylation is 1. The smallest absolute Gasteiger partial charge is 0.311 e. The topological polar surface area (TPSA) is 79.9 Å². The number of nitro groups is 1. The van der Waals surface area contributed by atoms with Gasteiger partial charge in [-0.05, 0) is 33.0 Å². The van der Waals surface area contributed by atoms with Gasteiger partial charge < -0.3 is 14.5 Å². The molecule has 0 radical (unpaired) electrons. The minimum absolute atomic E-state index is 0.0231. The van der Waals surface area contributed by atoms with E-state index in [0.717, 1.165) is 56.1 Å². The summed E-state index contributed by atoms with van der Waals surface area (Å²) in [5.74, 6) is 0.292. The highest BCUT2D eigenvalue weighted by atomic mass is 16.6. The van der Waals surface area contributed by atoms with E-state index >= 15 is 0 Å². The van der Waals surface area contributed by atoms with Crippen molar-refractivity contribution >= 4 is 11.4 Å². The Balaban J connectivity index is 1.59. The fraction of sp³-hybridized carbons (Fsp3) is 0.571. The first-order valence-electron chi connectivity index (χ1n) is 10.5. The zero-order valence-corrected chi connectivity index (χ0v) is 18.0. The Hall–Kier alpha value is -2.65. The van der Waals surface area contributed by atoms with E-state index in [2.05, 4.69) is 26.8 Å². The second kappa shape index (κ2) is 8.61. The zero-order chi connectivity index (χ0) is 21.3. The highest BCUT2D eigenvalue weighted by Gasteiger charge is 2.29. The van der Waals surface area contributed by atoms with E-state index in [-0.39, 0.29) is 10.6 Å². The number of aromatic nitrogens is 2. The number of benzene rings is 1. The van der Waals surface area contributed by atoms with Crippen LogP contribution in [0.5, 0.6) is 5.75 Å². The van der Waals surface area contributed by atoms with Gasteiger partial charge in [-0.1, -0.05) is 0 Å². The van der Waals surface area contributed by atoms with Gasteiger partial charge in [0, 0.05) is 74.4 Å². The maximum Gasteiger partial charge on any atom is 0.311 e. The maximum absolute atomic E-state index is 11.6. The number of piperazine rings is 1. The first-order valence-corrected chi connectivity index (χ1v) is 10.5. The average molecular weight is 415 g/mol. The second-order valence-electron chi connectivity index (χ2n) is 8.26. The number of anilines is 1. The molecule has 9 nitrogen and oxygen atoms in total. The normalized spacial score (nSPS) is 19.2. The van der Waals surface area contributed by atoms with Crippen molar-refractivity contribution in [2.75, 3.05) is 58.3 Å². The zero-order valence-electron chi connectivity index (χ0n) is 18.0. The van der Waals surface area contributed by atoms with Crippen molar-refractivity contribution in [2.24, 2.45) is 7.05 Å². The Morgan fingerprint density at radius 3 is 2.37 bits per heavy atom. The highest BCUT2D eigenvalue weighted by molar-refractivity contribution is 5.82. The molecule has 0 saturated carbocycles. The molecular weight excluding hydrogens is 384 g/mol. The largest absolute Gasteiger partial charge is 0.490 e. The van der Waals surface area contributed by atoms with E-state index in [0.29, 0.717) is 11.8 Å². The second-order valence-corrected chi connectivity index (χ2v) is 8.26. The lowest BCUT2D eigenvalue weighted by Gasteiger charge is -2.43. The Morgan fingerprint density at radius 2 is 1.80 bits per heavy atom. The van der Waals surface area contributed by atoms with Crippen molar-refractivity contribution in [3.05, 3.63) is 34.6 Å². The van der Waals surface area contributed by atoms with E-state index in [1.165, 1.54) is 20.0 Å². The molecule has 2 aliphatic rings. The number of hydrogen-bond acceptors (Lipinski definition) is 7. The summed E-state index contributed by atoms with van der Waals surface area (Å²) in [6.45, 7) is 6.10.